The third-order valence-corrected chi connectivity index (χ3v) is 10.2. The van der Waals surface area contributed by atoms with E-state index in [9.17, 15) is 45.3 Å². The minimum Gasteiger partial charge on any atom is -0.462 e. The van der Waals surface area contributed by atoms with Gasteiger partial charge in [0.15, 0.2) is 18.7 Å². The van der Waals surface area contributed by atoms with E-state index in [1.54, 1.807) is 0 Å². The van der Waals surface area contributed by atoms with E-state index < -0.39 is 92.7 Å². The van der Waals surface area contributed by atoms with Gasteiger partial charge in [0.05, 0.1) is 19.8 Å². The second-order valence-electron chi connectivity index (χ2n) is 15.2. The van der Waals surface area contributed by atoms with E-state index in [2.05, 4.69) is 38.2 Å². The second-order valence-corrected chi connectivity index (χ2v) is 15.2. The SMILES string of the molecule is CCCCC/C=C\C/C=C\CCCCCCCC(=O)OC(COC(=O)CCCCCCCC)COC1OC(COC2OC(CO)C(O)C(O)C2O)C(O)C(O)C1O. The Kier molecular flexibility index (Phi) is 27.7. The summed E-state index contributed by atoms with van der Waals surface area (Å²) in [5.74, 6) is -0.953. The first-order chi connectivity index (χ1) is 27.5. The third kappa shape index (κ3) is 20.7. The van der Waals surface area contributed by atoms with E-state index in [4.69, 9.17) is 28.4 Å². The second kappa shape index (κ2) is 30.9. The summed E-state index contributed by atoms with van der Waals surface area (Å²) in [6, 6.07) is 0. The number of hydrogen-bond donors (Lipinski definition) is 7. The summed E-state index contributed by atoms with van der Waals surface area (Å²) >= 11 is 0. The number of carbonyl (C=O) groups excluding carboxylic acids is 2. The van der Waals surface area contributed by atoms with Gasteiger partial charge in [-0.2, -0.15) is 0 Å². The number of hydrogen-bond acceptors (Lipinski definition) is 15. The van der Waals surface area contributed by atoms with Crippen LogP contribution in [-0.4, -0.2) is 142 Å². The zero-order valence-electron chi connectivity index (χ0n) is 34.3. The molecular formula is C42H74O15. The highest BCUT2D eigenvalue weighted by Gasteiger charge is 2.47. The predicted octanol–water partition coefficient (Wildman–Crippen LogP) is 3.65. The van der Waals surface area contributed by atoms with E-state index in [0.717, 1.165) is 77.0 Å². The quantitative estimate of drug-likeness (QED) is 0.0301. The Bertz CT molecular complexity index is 1100. The Balaban J connectivity index is 1.86. The molecule has 0 bridgehead atoms. The van der Waals surface area contributed by atoms with Gasteiger partial charge in [-0.3, -0.25) is 9.59 Å². The van der Waals surface area contributed by atoms with Crippen molar-refractivity contribution in [2.75, 3.05) is 26.4 Å². The predicted molar refractivity (Wildman–Crippen MR) is 211 cm³/mol. The van der Waals surface area contributed by atoms with Crippen LogP contribution in [0.3, 0.4) is 0 Å². The van der Waals surface area contributed by atoms with Crippen LogP contribution in [0.2, 0.25) is 0 Å². The topological polar surface area (TPSA) is 231 Å². The number of ether oxygens (including phenoxy) is 6. The lowest BCUT2D eigenvalue weighted by molar-refractivity contribution is -0.332. The minimum absolute atomic E-state index is 0.150. The molecule has 11 atom stereocenters. The minimum atomic E-state index is -1.76. The first-order valence-electron chi connectivity index (χ1n) is 21.4. The number of esters is 2. The van der Waals surface area contributed by atoms with Crippen molar-refractivity contribution in [1.82, 2.24) is 0 Å². The molecule has 7 N–H and O–H groups in total. The highest BCUT2D eigenvalue weighted by Crippen LogP contribution is 2.26. The molecule has 2 rings (SSSR count). The van der Waals surface area contributed by atoms with Gasteiger partial charge in [0.1, 0.15) is 55.4 Å². The monoisotopic (exact) mass is 819 g/mol. The molecule has 2 saturated heterocycles. The number of allylic oxidation sites excluding steroid dienone is 4. The zero-order chi connectivity index (χ0) is 41.8. The Morgan fingerprint density at radius 1 is 0.561 bits per heavy atom. The molecule has 2 fully saturated rings. The van der Waals surface area contributed by atoms with Crippen molar-refractivity contribution >= 4 is 11.9 Å². The summed E-state index contributed by atoms with van der Waals surface area (Å²) in [7, 11) is 0. The molecule has 0 amide bonds. The fraction of sp³-hybridized carbons (Fsp3) is 0.857. The Morgan fingerprint density at radius 3 is 1.67 bits per heavy atom. The van der Waals surface area contributed by atoms with Crippen molar-refractivity contribution in [3.05, 3.63) is 24.3 Å². The Labute approximate surface area is 339 Å². The molecule has 2 heterocycles. The van der Waals surface area contributed by atoms with Gasteiger partial charge in [-0.1, -0.05) is 102 Å². The van der Waals surface area contributed by atoms with Crippen molar-refractivity contribution in [2.24, 2.45) is 0 Å². The molecule has 0 spiro atoms. The van der Waals surface area contributed by atoms with Gasteiger partial charge < -0.3 is 64.2 Å². The smallest absolute Gasteiger partial charge is 0.306 e. The molecule has 0 radical (unpaired) electrons. The molecule has 15 heteroatoms. The normalized spacial score (nSPS) is 28.6. The van der Waals surface area contributed by atoms with Gasteiger partial charge in [0, 0.05) is 12.8 Å². The molecule has 0 aliphatic carbocycles. The van der Waals surface area contributed by atoms with E-state index in [1.165, 1.54) is 19.3 Å². The van der Waals surface area contributed by atoms with E-state index >= 15 is 0 Å². The summed E-state index contributed by atoms with van der Waals surface area (Å²) in [6.45, 7) is 2.44. The van der Waals surface area contributed by atoms with Crippen LogP contribution >= 0.6 is 0 Å². The molecule has 332 valence electrons. The zero-order valence-corrected chi connectivity index (χ0v) is 34.3. The maximum atomic E-state index is 12.9. The summed E-state index contributed by atoms with van der Waals surface area (Å²) in [5, 5.41) is 71.6. The maximum absolute atomic E-state index is 12.9. The van der Waals surface area contributed by atoms with Crippen LogP contribution in [0, 0.1) is 0 Å². The molecule has 11 unspecified atom stereocenters. The van der Waals surface area contributed by atoms with Crippen LogP contribution in [0.5, 0.6) is 0 Å². The van der Waals surface area contributed by atoms with Crippen molar-refractivity contribution in [3.8, 4) is 0 Å². The van der Waals surface area contributed by atoms with Gasteiger partial charge in [-0.05, 0) is 44.9 Å². The van der Waals surface area contributed by atoms with Gasteiger partial charge in [0.25, 0.3) is 0 Å². The first-order valence-corrected chi connectivity index (χ1v) is 21.4. The molecule has 0 aromatic carbocycles. The van der Waals surface area contributed by atoms with Crippen LogP contribution in [0.1, 0.15) is 136 Å². The molecule has 2 aliphatic rings. The van der Waals surface area contributed by atoms with Crippen molar-refractivity contribution in [3.63, 3.8) is 0 Å². The van der Waals surface area contributed by atoms with E-state index in [0.29, 0.717) is 12.8 Å². The summed E-state index contributed by atoms with van der Waals surface area (Å²) in [5.41, 5.74) is 0. The molecule has 2 aliphatic heterocycles. The lowest BCUT2D eigenvalue weighted by Gasteiger charge is -2.42. The third-order valence-electron chi connectivity index (χ3n) is 10.2. The van der Waals surface area contributed by atoms with E-state index in [1.807, 2.05) is 0 Å². The van der Waals surface area contributed by atoms with Crippen LogP contribution in [0.25, 0.3) is 0 Å². The van der Waals surface area contributed by atoms with Gasteiger partial charge in [-0.25, -0.2) is 0 Å². The largest absolute Gasteiger partial charge is 0.462 e. The number of rotatable bonds is 31. The van der Waals surface area contributed by atoms with Crippen LogP contribution in [0.15, 0.2) is 24.3 Å². The number of aliphatic hydroxyl groups is 7. The Hall–Kier alpha value is -2.02. The molecule has 0 aromatic rings. The molecule has 15 nitrogen and oxygen atoms in total. The molecule has 57 heavy (non-hydrogen) atoms. The summed E-state index contributed by atoms with van der Waals surface area (Å²) < 4.78 is 33.3. The lowest BCUT2D eigenvalue weighted by atomic mass is 9.98. The number of carbonyl (C=O) groups is 2. The van der Waals surface area contributed by atoms with Gasteiger partial charge in [0.2, 0.25) is 0 Å². The highest BCUT2D eigenvalue weighted by molar-refractivity contribution is 5.70. The van der Waals surface area contributed by atoms with Gasteiger partial charge >= 0.3 is 11.9 Å². The maximum Gasteiger partial charge on any atom is 0.306 e. The highest BCUT2D eigenvalue weighted by atomic mass is 16.7. The fourth-order valence-electron chi connectivity index (χ4n) is 6.54. The standard InChI is InChI=1S/C42H74O15/c1-3-5-7-9-11-12-13-14-15-16-17-18-19-21-23-25-34(45)55-30(27-52-33(44)24-22-20-10-8-6-4-2)28-53-41-40(51)38(49)36(47)32(57-41)29-54-42-39(50)37(48)35(46)31(26-43)56-42/h11-12,14-15,30-32,35-43,46-51H,3-10,13,16-29H2,1-2H3/b12-11-,15-14-. The summed E-state index contributed by atoms with van der Waals surface area (Å²) in [4.78, 5) is 25.4. The van der Waals surface area contributed by atoms with Crippen LogP contribution < -0.4 is 0 Å². The van der Waals surface area contributed by atoms with Gasteiger partial charge in [-0.15, -0.1) is 0 Å². The van der Waals surface area contributed by atoms with Crippen LogP contribution in [-0.2, 0) is 38.0 Å². The number of unbranched alkanes of at least 4 members (excludes halogenated alkanes) is 13. The number of aliphatic hydroxyl groups excluding tert-OH is 7. The molecular weight excluding hydrogens is 744 g/mol. The molecule has 0 aromatic heterocycles. The van der Waals surface area contributed by atoms with E-state index in [-0.39, 0.29) is 26.1 Å². The van der Waals surface area contributed by atoms with Crippen molar-refractivity contribution in [1.29, 1.82) is 0 Å². The average molecular weight is 819 g/mol. The summed E-state index contributed by atoms with van der Waals surface area (Å²) in [6.07, 6.45) is 9.79. The Morgan fingerprint density at radius 2 is 1.05 bits per heavy atom. The van der Waals surface area contributed by atoms with Crippen molar-refractivity contribution in [2.45, 2.75) is 203 Å². The van der Waals surface area contributed by atoms with Crippen LogP contribution in [0.4, 0.5) is 0 Å². The molecule has 0 saturated carbocycles. The average Bonchev–Trinajstić information content (AvgIpc) is 3.20. The first kappa shape index (κ1) is 51.1. The fourth-order valence-corrected chi connectivity index (χ4v) is 6.54. The lowest BCUT2D eigenvalue weighted by Crippen LogP contribution is -2.61. The van der Waals surface area contributed by atoms with Crippen molar-refractivity contribution < 1.29 is 73.8 Å².